The van der Waals surface area contributed by atoms with Gasteiger partial charge in [-0.15, -0.1) is 0 Å². The molecule has 2 atom stereocenters. The maximum atomic E-state index is 12.1. The molecule has 1 aromatic rings. The van der Waals surface area contributed by atoms with Gasteiger partial charge in [-0.1, -0.05) is 19.1 Å². The van der Waals surface area contributed by atoms with Crippen LogP contribution >= 0.6 is 0 Å². The molecule has 3 heteroatoms. The van der Waals surface area contributed by atoms with Gasteiger partial charge in [0.05, 0.1) is 5.92 Å². The molecule has 1 fully saturated rings. The lowest BCUT2D eigenvalue weighted by molar-refractivity contribution is -0.122. The first-order valence-electron chi connectivity index (χ1n) is 6.71. The second kappa shape index (κ2) is 5.42. The fourth-order valence-corrected chi connectivity index (χ4v) is 2.23. The van der Waals surface area contributed by atoms with Crippen LogP contribution in [0, 0.1) is 11.8 Å². The fourth-order valence-electron chi connectivity index (χ4n) is 2.23. The summed E-state index contributed by atoms with van der Waals surface area (Å²) < 4.78 is 0. The Morgan fingerprint density at radius 1 is 1.44 bits per heavy atom. The minimum atomic E-state index is -0.139. The predicted octanol–water partition coefficient (Wildman–Crippen LogP) is 2.53. The molecule has 1 saturated carbocycles. The van der Waals surface area contributed by atoms with Gasteiger partial charge in [-0.25, -0.2) is 0 Å². The Balaban J connectivity index is 1.87. The summed E-state index contributed by atoms with van der Waals surface area (Å²) in [7, 11) is 0. The van der Waals surface area contributed by atoms with Crippen molar-refractivity contribution in [3.63, 3.8) is 0 Å². The zero-order valence-electron chi connectivity index (χ0n) is 11.1. The molecule has 1 aliphatic carbocycles. The first kappa shape index (κ1) is 12.9. The number of benzene rings is 1. The van der Waals surface area contributed by atoms with Crippen LogP contribution in [0.3, 0.4) is 0 Å². The molecule has 2 unspecified atom stereocenters. The number of carbonyl (C=O) groups excluding carboxylic acids is 1. The molecule has 1 aromatic carbocycles. The van der Waals surface area contributed by atoms with Crippen LogP contribution in [0.25, 0.3) is 0 Å². The van der Waals surface area contributed by atoms with Gasteiger partial charge in [-0.05, 0) is 49.3 Å². The highest BCUT2D eigenvalue weighted by molar-refractivity contribution is 5.83. The standard InChI is InChI=1S/C15H22N2O/c1-10(12-6-7-12)9-17-15(18)11(2)13-4-3-5-14(16)8-13/h3-5,8,10-12H,6-7,9,16H2,1-2H3,(H,17,18). The quantitative estimate of drug-likeness (QED) is 0.784. The third kappa shape index (κ3) is 3.25. The van der Waals surface area contributed by atoms with Crippen molar-refractivity contribution in [3.8, 4) is 0 Å². The van der Waals surface area contributed by atoms with Gasteiger partial charge in [0.1, 0.15) is 0 Å². The summed E-state index contributed by atoms with van der Waals surface area (Å²) in [4.78, 5) is 12.1. The summed E-state index contributed by atoms with van der Waals surface area (Å²) in [5.41, 5.74) is 7.42. The minimum Gasteiger partial charge on any atom is -0.399 e. The highest BCUT2D eigenvalue weighted by Gasteiger charge is 2.28. The van der Waals surface area contributed by atoms with Gasteiger partial charge in [0.25, 0.3) is 0 Å². The Bertz CT molecular complexity index is 426. The molecule has 0 aliphatic heterocycles. The van der Waals surface area contributed by atoms with Crippen LogP contribution < -0.4 is 11.1 Å². The van der Waals surface area contributed by atoms with E-state index in [-0.39, 0.29) is 11.8 Å². The summed E-state index contributed by atoms with van der Waals surface area (Å²) in [6.07, 6.45) is 2.64. The van der Waals surface area contributed by atoms with Crippen molar-refractivity contribution in [2.24, 2.45) is 11.8 Å². The lowest BCUT2D eigenvalue weighted by Crippen LogP contribution is -2.32. The van der Waals surface area contributed by atoms with Crippen molar-refractivity contribution >= 4 is 11.6 Å². The smallest absolute Gasteiger partial charge is 0.227 e. The Kier molecular flexibility index (Phi) is 3.90. The van der Waals surface area contributed by atoms with E-state index in [1.54, 1.807) is 0 Å². The first-order valence-corrected chi connectivity index (χ1v) is 6.71. The van der Waals surface area contributed by atoms with Crippen LogP contribution in [-0.4, -0.2) is 12.5 Å². The van der Waals surface area contributed by atoms with E-state index in [0.717, 1.165) is 18.0 Å². The van der Waals surface area contributed by atoms with Gasteiger partial charge in [-0.2, -0.15) is 0 Å². The normalized spacial score (nSPS) is 18.1. The van der Waals surface area contributed by atoms with Gasteiger partial charge in [0.2, 0.25) is 5.91 Å². The Labute approximate surface area is 109 Å². The first-order chi connectivity index (χ1) is 8.58. The Hall–Kier alpha value is -1.51. The average Bonchev–Trinajstić information content (AvgIpc) is 3.18. The van der Waals surface area contributed by atoms with Crippen LogP contribution in [0.4, 0.5) is 5.69 Å². The van der Waals surface area contributed by atoms with Crippen molar-refractivity contribution in [1.82, 2.24) is 5.32 Å². The number of hydrogen-bond donors (Lipinski definition) is 2. The summed E-state index contributed by atoms with van der Waals surface area (Å²) in [5, 5.41) is 3.04. The summed E-state index contributed by atoms with van der Waals surface area (Å²) in [6, 6.07) is 7.55. The number of nitrogen functional groups attached to an aromatic ring is 1. The van der Waals surface area contributed by atoms with Gasteiger partial charge in [0, 0.05) is 12.2 Å². The van der Waals surface area contributed by atoms with E-state index in [2.05, 4.69) is 12.2 Å². The van der Waals surface area contributed by atoms with Crippen LogP contribution in [0.1, 0.15) is 38.2 Å². The summed E-state index contributed by atoms with van der Waals surface area (Å²) in [6.45, 7) is 4.92. The third-order valence-corrected chi connectivity index (χ3v) is 3.83. The molecule has 98 valence electrons. The molecule has 0 aromatic heterocycles. The monoisotopic (exact) mass is 246 g/mol. The van der Waals surface area contributed by atoms with E-state index < -0.39 is 0 Å². The van der Waals surface area contributed by atoms with Gasteiger partial charge in [-0.3, -0.25) is 4.79 Å². The fraction of sp³-hybridized carbons (Fsp3) is 0.533. The highest BCUT2D eigenvalue weighted by Crippen LogP contribution is 2.36. The summed E-state index contributed by atoms with van der Waals surface area (Å²) in [5.74, 6) is 1.38. The second-order valence-electron chi connectivity index (χ2n) is 5.45. The van der Waals surface area contributed by atoms with Gasteiger partial charge in [0.15, 0.2) is 0 Å². The van der Waals surface area contributed by atoms with Crippen LogP contribution in [0.2, 0.25) is 0 Å². The Morgan fingerprint density at radius 2 is 2.17 bits per heavy atom. The summed E-state index contributed by atoms with van der Waals surface area (Å²) >= 11 is 0. The molecule has 1 aliphatic rings. The van der Waals surface area contributed by atoms with E-state index in [1.807, 2.05) is 31.2 Å². The highest BCUT2D eigenvalue weighted by atomic mass is 16.1. The maximum absolute atomic E-state index is 12.1. The molecule has 0 saturated heterocycles. The van der Waals surface area contributed by atoms with E-state index >= 15 is 0 Å². The van der Waals surface area contributed by atoms with Crippen LogP contribution in [0.15, 0.2) is 24.3 Å². The van der Waals surface area contributed by atoms with Crippen molar-refractivity contribution < 1.29 is 4.79 Å². The molecule has 3 N–H and O–H groups in total. The van der Waals surface area contributed by atoms with Crippen molar-refractivity contribution in [1.29, 1.82) is 0 Å². The molecule has 1 amide bonds. The van der Waals surface area contributed by atoms with Crippen molar-refractivity contribution in [2.45, 2.75) is 32.6 Å². The number of nitrogens with two attached hydrogens (primary N) is 1. The molecule has 0 heterocycles. The van der Waals surface area contributed by atoms with E-state index in [1.165, 1.54) is 12.8 Å². The van der Waals surface area contributed by atoms with Crippen molar-refractivity contribution in [2.75, 3.05) is 12.3 Å². The van der Waals surface area contributed by atoms with E-state index in [0.29, 0.717) is 11.6 Å². The zero-order chi connectivity index (χ0) is 13.1. The molecule has 2 rings (SSSR count). The van der Waals surface area contributed by atoms with Gasteiger partial charge >= 0.3 is 0 Å². The third-order valence-electron chi connectivity index (χ3n) is 3.83. The maximum Gasteiger partial charge on any atom is 0.227 e. The minimum absolute atomic E-state index is 0.0908. The van der Waals surface area contributed by atoms with Crippen molar-refractivity contribution in [3.05, 3.63) is 29.8 Å². The number of rotatable bonds is 5. The number of amides is 1. The molecule has 0 bridgehead atoms. The number of anilines is 1. The molecule has 3 nitrogen and oxygen atoms in total. The average molecular weight is 246 g/mol. The van der Waals surface area contributed by atoms with E-state index in [4.69, 9.17) is 5.73 Å². The lowest BCUT2D eigenvalue weighted by atomic mass is 9.99. The number of carbonyl (C=O) groups is 1. The lowest BCUT2D eigenvalue weighted by Gasteiger charge is -2.16. The van der Waals surface area contributed by atoms with Crippen LogP contribution in [-0.2, 0) is 4.79 Å². The van der Waals surface area contributed by atoms with E-state index in [9.17, 15) is 4.79 Å². The molecule has 0 radical (unpaired) electrons. The number of hydrogen-bond acceptors (Lipinski definition) is 2. The zero-order valence-corrected chi connectivity index (χ0v) is 11.1. The number of nitrogens with one attached hydrogen (secondary N) is 1. The van der Waals surface area contributed by atoms with Gasteiger partial charge < -0.3 is 11.1 Å². The molecular formula is C15H22N2O. The predicted molar refractivity (Wildman–Crippen MR) is 74.2 cm³/mol. The SMILES string of the molecule is CC(C(=O)NCC(C)C1CC1)c1cccc(N)c1. The Morgan fingerprint density at radius 3 is 2.78 bits per heavy atom. The van der Waals surface area contributed by atoms with Crippen LogP contribution in [0.5, 0.6) is 0 Å². The molecular weight excluding hydrogens is 224 g/mol. The largest absolute Gasteiger partial charge is 0.399 e. The molecule has 0 spiro atoms. The second-order valence-corrected chi connectivity index (χ2v) is 5.45. The molecule has 18 heavy (non-hydrogen) atoms. The topological polar surface area (TPSA) is 55.1 Å².